The Hall–Kier alpha value is -1.67. The van der Waals surface area contributed by atoms with Crippen LogP contribution in [0.2, 0.25) is 0 Å². The molecule has 8 heteroatoms. The van der Waals surface area contributed by atoms with Crippen molar-refractivity contribution in [2.24, 2.45) is 0 Å². The van der Waals surface area contributed by atoms with E-state index in [0.29, 0.717) is 25.2 Å². The second kappa shape index (κ2) is 4.30. The first-order valence-corrected chi connectivity index (χ1v) is 6.51. The minimum atomic E-state index is -3.67. The Bertz CT molecular complexity index is 555. The lowest BCUT2D eigenvalue weighted by molar-refractivity contribution is -0.385. The van der Waals surface area contributed by atoms with Gasteiger partial charge in [0.25, 0.3) is 5.69 Å². The Morgan fingerprint density at radius 2 is 2.06 bits per heavy atom. The second-order valence-corrected chi connectivity index (χ2v) is 5.35. The summed E-state index contributed by atoms with van der Waals surface area (Å²) in [6.07, 6.45) is 0.662. The maximum atomic E-state index is 11.8. The molecule has 0 saturated heterocycles. The maximum Gasteiger partial charge on any atom is 0.270 e. The van der Waals surface area contributed by atoms with Crippen molar-refractivity contribution in [1.82, 2.24) is 4.72 Å². The number of nitrogens with zero attached hydrogens (tertiary/aromatic N) is 1. The van der Waals surface area contributed by atoms with E-state index < -0.39 is 14.9 Å². The van der Waals surface area contributed by atoms with E-state index in [9.17, 15) is 18.5 Å². The molecule has 0 spiro atoms. The van der Waals surface area contributed by atoms with Gasteiger partial charge in [0.2, 0.25) is 10.0 Å². The molecule has 92 valence electrons. The molecule has 2 rings (SSSR count). The van der Waals surface area contributed by atoms with Crippen LogP contribution in [0.15, 0.2) is 23.1 Å². The van der Waals surface area contributed by atoms with Gasteiger partial charge in [0, 0.05) is 25.2 Å². The van der Waals surface area contributed by atoms with Crippen LogP contribution in [0.3, 0.4) is 0 Å². The van der Waals surface area contributed by atoms with Crippen LogP contribution < -0.4 is 10.0 Å². The van der Waals surface area contributed by atoms with Gasteiger partial charge < -0.3 is 5.32 Å². The van der Waals surface area contributed by atoms with E-state index in [1.165, 1.54) is 12.1 Å². The van der Waals surface area contributed by atoms with E-state index in [1.807, 2.05) is 0 Å². The highest BCUT2D eigenvalue weighted by molar-refractivity contribution is 7.89. The highest BCUT2D eigenvalue weighted by Gasteiger charge is 2.23. The molecular formula is C9H11N3O4S. The fourth-order valence-corrected chi connectivity index (χ4v) is 2.86. The van der Waals surface area contributed by atoms with E-state index in [-0.39, 0.29) is 10.6 Å². The Kier molecular flexibility index (Phi) is 2.99. The van der Waals surface area contributed by atoms with Crippen LogP contribution in [0, 0.1) is 10.1 Å². The SMILES string of the molecule is O=[N+]([O-])c1ccc2c(c1)S(=O)(=O)NCCCN2. The Balaban J connectivity index is 2.58. The third-order valence-electron chi connectivity index (χ3n) is 2.43. The summed E-state index contributed by atoms with van der Waals surface area (Å²) in [4.78, 5) is 9.93. The van der Waals surface area contributed by atoms with Gasteiger partial charge >= 0.3 is 0 Å². The summed E-state index contributed by atoms with van der Waals surface area (Å²) >= 11 is 0. The zero-order valence-corrected chi connectivity index (χ0v) is 9.66. The summed E-state index contributed by atoms with van der Waals surface area (Å²) in [5.41, 5.74) is 0.152. The number of nitro benzene ring substituents is 1. The standard InChI is InChI=1S/C9H11N3O4S/c13-12(14)7-2-3-8-9(6-7)17(15,16)11-5-1-4-10-8/h2-3,6,10-11H,1,4-5H2. The molecule has 0 amide bonds. The first-order chi connectivity index (χ1) is 8.00. The van der Waals surface area contributed by atoms with Crippen molar-refractivity contribution in [1.29, 1.82) is 0 Å². The largest absolute Gasteiger partial charge is 0.384 e. The van der Waals surface area contributed by atoms with Gasteiger partial charge in [-0.05, 0) is 12.5 Å². The Morgan fingerprint density at radius 1 is 1.29 bits per heavy atom. The molecule has 1 aromatic carbocycles. The lowest BCUT2D eigenvalue weighted by Gasteiger charge is -2.16. The molecule has 0 fully saturated rings. The lowest BCUT2D eigenvalue weighted by atomic mass is 10.2. The summed E-state index contributed by atoms with van der Waals surface area (Å²) in [5.74, 6) is 0. The molecule has 0 aliphatic carbocycles. The molecule has 7 nitrogen and oxygen atoms in total. The summed E-state index contributed by atoms with van der Waals surface area (Å²) < 4.78 is 26.1. The number of nitro groups is 1. The molecule has 1 aliphatic rings. The second-order valence-electron chi connectivity index (χ2n) is 3.62. The molecule has 1 aromatic rings. The van der Waals surface area contributed by atoms with Gasteiger partial charge in [0.1, 0.15) is 4.90 Å². The summed E-state index contributed by atoms with van der Waals surface area (Å²) in [5, 5.41) is 13.6. The number of benzene rings is 1. The Morgan fingerprint density at radius 3 is 2.76 bits per heavy atom. The zero-order valence-electron chi connectivity index (χ0n) is 8.84. The van der Waals surface area contributed by atoms with Crippen molar-refractivity contribution in [3.8, 4) is 0 Å². The number of non-ortho nitro benzene ring substituents is 1. The maximum absolute atomic E-state index is 11.8. The minimum Gasteiger partial charge on any atom is -0.384 e. The van der Waals surface area contributed by atoms with E-state index >= 15 is 0 Å². The number of hydrogen-bond acceptors (Lipinski definition) is 5. The highest BCUT2D eigenvalue weighted by Crippen LogP contribution is 2.27. The van der Waals surface area contributed by atoms with Crippen LogP contribution in [0.1, 0.15) is 6.42 Å². The first-order valence-electron chi connectivity index (χ1n) is 5.03. The monoisotopic (exact) mass is 257 g/mol. The van der Waals surface area contributed by atoms with Crippen LogP contribution in [0.5, 0.6) is 0 Å². The minimum absolute atomic E-state index is 0.0774. The van der Waals surface area contributed by atoms with Crippen molar-refractivity contribution >= 4 is 21.4 Å². The molecule has 2 N–H and O–H groups in total. The van der Waals surface area contributed by atoms with Gasteiger partial charge in [-0.1, -0.05) is 0 Å². The topological polar surface area (TPSA) is 101 Å². The average molecular weight is 257 g/mol. The van der Waals surface area contributed by atoms with Crippen molar-refractivity contribution in [3.63, 3.8) is 0 Å². The van der Waals surface area contributed by atoms with Gasteiger partial charge in [-0.3, -0.25) is 10.1 Å². The molecule has 0 aromatic heterocycles. The molecule has 1 aliphatic heterocycles. The quantitative estimate of drug-likeness (QED) is 0.569. The predicted octanol–water partition coefficient (Wildman–Crippen LogP) is 0.689. The number of hydrogen-bond donors (Lipinski definition) is 2. The lowest BCUT2D eigenvalue weighted by Crippen LogP contribution is -2.29. The van der Waals surface area contributed by atoms with Crippen molar-refractivity contribution in [2.45, 2.75) is 11.3 Å². The zero-order chi connectivity index (χ0) is 12.5. The van der Waals surface area contributed by atoms with Crippen molar-refractivity contribution in [2.75, 3.05) is 18.4 Å². The smallest absolute Gasteiger partial charge is 0.270 e. The van der Waals surface area contributed by atoms with Gasteiger partial charge in [-0.25, -0.2) is 13.1 Å². The molecule has 0 saturated carbocycles. The van der Waals surface area contributed by atoms with Crippen LogP contribution >= 0.6 is 0 Å². The number of sulfonamides is 1. The summed E-state index contributed by atoms with van der Waals surface area (Å²) in [7, 11) is -3.67. The highest BCUT2D eigenvalue weighted by atomic mass is 32.2. The molecule has 0 atom stereocenters. The average Bonchev–Trinajstić information content (AvgIpc) is 2.26. The number of fused-ring (bicyclic) bond motifs is 1. The van der Waals surface area contributed by atoms with Crippen LogP contribution in [-0.2, 0) is 10.0 Å². The van der Waals surface area contributed by atoms with Gasteiger partial charge in [-0.15, -0.1) is 0 Å². The fraction of sp³-hybridized carbons (Fsp3) is 0.333. The third kappa shape index (κ3) is 2.37. The van der Waals surface area contributed by atoms with Gasteiger partial charge in [0.05, 0.1) is 10.6 Å². The molecular weight excluding hydrogens is 246 g/mol. The number of nitrogens with one attached hydrogen (secondary N) is 2. The number of anilines is 1. The van der Waals surface area contributed by atoms with Gasteiger partial charge in [-0.2, -0.15) is 0 Å². The van der Waals surface area contributed by atoms with Crippen molar-refractivity contribution in [3.05, 3.63) is 28.3 Å². The molecule has 0 radical (unpaired) electrons. The molecule has 0 unspecified atom stereocenters. The van der Waals surface area contributed by atoms with E-state index in [0.717, 1.165) is 6.07 Å². The molecule has 0 bridgehead atoms. The van der Waals surface area contributed by atoms with E-state index in [2.05, 4.69) is 10.0 Å². The fourth-order valence-electron chi connectivity index (χ4n) is 1.59. The summed E-state index contributed by atoms with van der Waals surface area (Å²) in [6, 6.07) is 3.76. The van der Waals surface area contributed by atoms with Crippen LogP contribution in [-0.4, -0.2) is 26.4 Å². The predicted molar refractivity (Wildman–Crippen MR) is 61.4 cm³/mol. The normalized spacial score (nSPS) is 18.4. The molecule has 17 heavy (non-hydrogen) atoms. The third-order valence-corrected chi connectivity index (χ3v) is 3.93. The Labute approximate surface area is 98.0 Å². The van der Waals surface area contributed by atoms with E-state index in [1.54, 1.807) is 0 Å². The van der Waals surface area contributed by atoms with Crippen LogP contribution in [0.4, 0.5) is 11.4 Å². The molecule has 1 heterocycles. The summed E-state index contributed by atoms with van der Waals surface area (Å²) in [6.45, 7) is 0.935. The van der Waals surface area contributed by atoms with Crippen LogP contribution in [0.25, 0.3) is 0 Å². The van der Waals surface area contributed by atoms with E-state index in [4.69, 9.17) is 0 Å². The first kappa shape index (κ1) is 11.8. The number of rotatable bonds is 1. The van der Waals surface area contributed by atoms with Gasteiger partial charge in [0.15, 0.2) is 0 Å². The van der Waals surface area contributed by atoms with Crippen molar-refractivity contribution < 1.29 is 13.3 Å².